The van der Waals surface area contributed by atoms with E-state index in [1.807, 2.05) is 32.4 Å². The summed E-state index contributed by atoms with van der Waals surface area (Å²) in [7, 11) is 1.53. The van der Waals surface area contributed by atoms with Gasteiger partial charge in [0.1, 0.15) is 40.0 Å². The number of nitrogens with zero attached hydrogens (tertiary/aromatic N) is 8. The quantitative estimate of drug-likeness (QED) is 0.308. The molecule has 1 aliphatic rings. The van der Waals surface area contributed by atoms with Gasteiger partial charge in [-0.25, -0.2) is 18.4 Å². The predicted molar refractivity (Wildman–Crippen MR) is 149 cm³/mol. The largest absolute Gasteiger partial charge is 0.479 e. The fourth-order valence-corrected chi connectivity index (χ4v) is 5.02. The maximum Gasteiger partial charge on any atom is 0.410 e. The highest BCUT2D eigenvalue weighted by molar-refractivity contribution is 5.75. The van der Waals surface area contributed by atoms with E-state index in [0.717, 1.165) is 11.9 Å². The fraction of sp³-hybridized carbons (Fsp3) is 0.448. The van der Waals surface area contributed by atoms with Crippen LogP contribution in [0.15, 0.2) is 36.8 Å². The lowest BCUT2D eigenvalue weighted by Crippen LogP contribution is -2.42. The second kappa shape index (κ2) is 11.7. The molecule has 0 bridgehead atoms. The Morgan fingerprint density at radius 2 is 2.00 bits per heavy atom. The number of nitriles is 1. The third kappa shape index (κ3) is 6.03. The third-order valence-electron chi connectivity index (χ3n) is 7.03. The van der Waals surface area contributed by atoms with Gasteiger partial charge in [-0.3, -0.25) is 4.98 Å². The fourth-order valence-electron chi connectivity index (χ4n) is 5.02. The second-order valence-electron chi connectivity index (χ2n) is 11.2. The number of likely N-dealkylation sites (tertiary alicyclic amines) is 1. The summed E-state index contributed by atoms with van der Waals surface area (Å²) in [5.74, 6) is -0.0923. The van der Waals surface area contributed by atoms with Gasteiger partial charge in [0.15, 0.2) is 6.10 Å². The van der Waals surface area contributed by atoms with Crippen LogP contribution in [0.1, 0.15) is 62.7 Å². The molecule has 13 heteroatoms. The molecule has 0 aromatic carbocycles. The Hall–Kier alpha value is -4.57. The summed E-state index contributed by atoms with van der Waals surface area (Å²) in [4.78, 5) is 18.4. The molecule has 1 fully saturated rings. The summed E-state index contributed by atoms with van der Waals surface area (Å²) in [5, 5.41) is 23.0. The second-order valence-corrected chi connectivity index (χ2v) is 11.2. The van der Waals surface area contributed by atoms with Gasteiger partial charge >= 0.3 is 6.09 Å². The van der Waals surface area contributed by atoms with Crippen molar-refractivity contribution >= 4 is 11.6 Å². The number of halogens is 1. The molecule has 1 unspecified atom stereocenters. The smallest absolute Gasteiger partial charge is 0.410 e. The number of fused-ring (bicyclic) bond motifs is 1. The van der Waals surface area contributed by atoms with Gasteiger partial charge in [0.05, 0.1) is 36.4 Å². The Morgan fingerprint density at radius 3 is 2.64 bits per heavy atom. The molecular weight excluding hydrogens is 543 g/mol. The first-order chi connectivity index (χ1) is 20.1. The van der Waals surface area contributed by atoms with Crippen LogP contribution in [0.3, 0.4) is 0 Å². The molecule has 0 aliphatic carbocycles. The molecule has 4 aromatic rings. The van der Waals surface area contributed by atoms with E-state index in [4.69, 9.17) is 14.2 Å². The molecule has 12 nitrogen and oxygen atoms in total. The van der Waals surface area contributed by atoms with Crippen LogP contribution >= 0.6 is 0 Å². The standard InChI is InChI=1S/C29H33FN8O4/c1-18-26(34-35-38(18)22-8-10-36(11-9-22)28(39)42-29(2,3)4)19-12-24(27-20(13-31)14-33-37(27)16-19)41-25(17-40-5)23-7-6-21(30)15-32-23/h6-7,12,14-16,22,25H,8-11,17H2,1-5H3. The van der Waals surface area contributed by atoms with Crippen LogP contribution in [0.5, 0.6) is 5.75 Å². The Morgan fingerprint density at radius 1 is 1.24 bits per heavy atom. The average Bonchev–Trinajstić information content (AvgIpc) is 3.55. The van der Waals surface area contributed by atoms with Gasteiger partial charge in [0.2, 0.25) is 0 Å². The lowest BCUT2D eigenvalue weighted by molar-refractivity contribution is 0.0183. The topological polar surface area (TPSA) is 133 Å². The summed E-state index contributed by atoms with van der Waals surface area (Å²) < 4.78 is 34.2. The number of rotatable bonds is 7. The van der Waals surface area contributed by atoms with E-state index in [0.29, 0.717) is 59.7 Å². The number of hydrogen-bond donors (Lipinski definition) is 0. The van der Waals surface area contributed by atoms with Crippen LogP contribution in [0, 0.1) is 24.1 Å². The number of hydrogen-bond acceptors (Lipinski definition) is 9. The minimum absolute atomic E-state index is 0.0647. The van der Waals surface area contributed by atoms with Crippen LogP contribution in [0.4, 0.5) is 9.18 Å². The number of aromatic nitrogens is 6. The minimum Gasteiger partial charge on any atom is -0.479 e. The SMILES string of the molecule is COCC(Oc1cc(-c2nnn(C3CCN(C(=O)OC(C)(C)C)CC3)c2C)cn2ncc(C#N)c12)c1ccc(F)cn1. The van der Waals surface area contributed by atoms with Crippen molar-refractivity contribution in [2.24, 2.45) is 0 Å². The first-order valence-electron chi connectivity index (χ1n) is 13.7. The van der Waals surface area contributed by atoms with Gasteiger partial charge in [-0.1, -0.05) is 5.21 Å². The maximum atomic E-state index is 13.5. The number of carbonyl (C=O) groups excluding carboxylic acids is 1. The molecule has 1 atom stereocenters. The molecule has 1 saturated heterocycles. The Kier molecular flexibility index (Phi) is 8.08. The number of methoxy groups -OCH3 is 1. The Bertz CT molecular complexity index is 1610. The van der Waals surface area contributed by atoms with E-state index in [1.165, 1.54) is 25.4 Å². The number of pyridine rings is 2. The van der Waals surface area contributed by atoms with Gasteiger partial charge in [-0.2, -0.15) is 10.4 Å². The monoisotopic (exact) mass is 576 g/mol. The molecule has 220 valence electrons. The molecular formula is C29H33FN8O4. The van der Waals surface area contributed by atoms with E-state index in [1.54, 1.807) is 21.7 Å². The van der Waals surface area contributed by atoms with E-state index >= 15 is 0 Å². The van der Waals surface area contributed by atoms with Crippen molar-refractivity contribution in [1.29, 1.82) is 5.26 Å². The number of piperidine rings is 1. The molecule has 4 aromatic heterocycles. The molecule has 0 N–H and O–H groups in total. The van der Waals surface area contributed by atoms with Crippen molar-refractivity contribution in [1.82, 2.24) is 34.5 Å². The first-order valence-corrected chi connectivity index (χ1v) is 13.7. The van der Waals surface area contributed by atoms with Crippen molar-refractivity contribution in [3.05, 3.63) is 59.6 Å². The lowest BCUT2D eigenvalue weighted by Gasteiger charge is -2.33. The zero-order valence-corrected chi connectivity index (χ0v) is 24.2. The van der Waals surface area contributed by atoms with Gasteiger partial charge in [-0.15, -0.1) is 5.10 Å². The maximum absolute atomic E-state index is 13.5. The molecule has 0 saturated carbocycles. The molecule has 42 heavy (non-hydrogen) atoms. The van der Waals surface area contributed by atoms with E-state index in [-0.39, 0.29) is 18.7 Å². The van der Waals surface area contributed by atoms with Crippen molar-refractivity contribution in [2.75, 3.05) is 26.8 Å². The highest BCUT2D eigenvalue weighted by Gasteiger charge is 2.29. The molecule has 0 spiro atoms. The zero-order valence-electron chi connectivity index (χ0n) is 24.2. The molecule has 1 aliphatic heterocycles. The summed E-state index contributed by atoms with van der Waals surface area (Å²) in [5.41, 5.74) is 2.89. The molecule has 5 heterocycles. The normalized spacial score (nSPS) is 15.0. The average molecular weight is 577 g/mol. The number of amides is 1. The van der Waals surface area contributed by atoms with E-state index in [2.05, 4.69) is 26.5 Å². The van der Waals surface area contributed by atoms with Crippen molar-refractivity contribution in [3.8, 4) is 23.1 Å². The van der Waals surface area contributed by atoms with Gasteiger partial charge < -0.3 is 19.1 Å². The van der Waals surface area contributed by atoms with Crippen molar-refractivity contribution in [2.45, 2.75) is 58.3 Å². The van der Waals surface area contributed by atoms with Crippen LogP contribution in [-0.4, -0.2) is 73.0 Å². The van der Waals surface area contributed by atoms with Crippen molar-refractivity contribution in [3.63, 3.8) is 0 Å². The molecule has 5 rings (SSSR count). The highest BCUT2D eigenvalue weighted by atomic mass is 19.1. The molecule has 0 radical (unpaired) electrons. The van der Waals surface area contributed by atoms with Gasteiger partial charge in [0, 0.05) is 32.0 Å². The molecule has 1 amide bonds. The van der Waals surface area contributed by atoms with Crippen LogP contribution in [0.25, 0.3) is 16.8 Å². The predicted octanol–water partition coefficient (Wildman–Crippen LogP) is 4.65. The minimum atomic E-state index is -0.678. The third-order valence-corrected chi connectivity index (χ3v) is 7.03. The summed E-state index contributed by atoms with van der Waals surface area (Å²) >= 11 is 0. The number of carbonyl (C=O) groups is 1. The number of ether oxygens (including phenoxy) is 3. The zero-order chi connectivity index (χ0) is 30.0. The van der Waals surface area contributed by atoms with Crippen LogP contribution in [0.2, 0.25) is 0 Å². The Labute approximate surface area is 242 Å². The van der Waals surface area contributed by atoms with Crippen molar-refractivity contribution < 1.29 is 23.4 Å². The van der Waals surface area contributed by atoms with Gasteiger partial charge in [-0.05, 0) is 58.7 Å². The first kappa shape index (κ1) is 28.9. The van der Waals surface area contributed by atoms with E-state index < -0.39 is 17.5 Å². The van der Waals surface area contributed by atoms with Crippen LogP contribution < -0.4 is 4.74 Å². The summed E-state index contributed by atoms with van der Waals surface area (Å²) in [6, 6.07) is 6.85. The highest BCUT2D eigenvalue weighted by Crippen LogP contribution is 2.34. The summed E-state index contributed by atoms with van der Waals surface area (Å²) in [6.45, 7) is 8.76. The lowest BCUT2D eigenvalue weighted by atomic mass is 10.0. The van der Waals surface area contributed by atoms with E-state index in [9.17, 15) is 14.4 Å². The Balaban J connectivity index is 1.43. The summed E-state index contributed by atoms with van der Waals surface area (Å²) in [6.07, 6.45) is 4.80. The van der Waals surface area contributed by atoms with Crippen LogP contribution in [-0.2, 0) is 9.47 Å². The van der Waals surface area contributed by atoms with Gasteiger partial charge in [0.25, 0.3) is 0 Å².